The lowest BCUT2D eigenvalue weighted by molar-refractivity contribution is -0.149. The number of ether oxygens (including phenoxy) is 2. The molecule has 1 heterocycles. The molecule has 0 unspecified atom stereocenters. The molecule has 1 amide bonds. The molecule has 2 N–H and O–H groups in total. The van der Waals surface area contributed by atoms with Crippen LogP contribution in [0.15, 0.2) is 55.1 Å². The van der Waals surface area contributed by atoms with Gasteiger partial charge in [0.15, 0.2) is 0 Å². The maximum atomic E-state index is 13.2. The maximum Gasteiger partial charge on any atom is 0.377 e. The molecule has 0 bridgehead atoms. The minimum Gasteiger partial charge on any atom is -0.488 e. The van der Waals surface area contributed by atoms with Crippen LogP contribution in [0.5, 0.6) is 5.75 Å². The minimum absolute atomic E-state index is 0.158. The largest absolute Gasteiger partial charge is 0.488 e. The summed E-state index contributed by atoms with van der Waals surface area (Å²) >= 11 is 0. The zero-order valence-corrected chi connectivity index (χ0v) is 18.5. The van der Waals surface area contributed by atoms with Crippen molar-refractivity contribution in [1.29, 1.82) is 0 Å². The summed E-state index contributed by atoms with van der Waals surface area (Å²) in [5.41, 5.74) is -1.06. The third-order valence-electron chi connectivity index (χ3n) is 6.41. The van der Waals surface area contributed by atoms with E-state index in [1.54, 1.807) is 24.6 Å². The average Bonchev–Trinajstić information content (AvgIpc) is 3.33. The lowest BCUT2D eigenvalue weighted by Gasteiger charge is -2.26. The summed E-state index contributed by atoms with van der Waals surface area (Å²) < 4.78 is 11.5. The molecule has 7 nitrogen and oxygen atoms in total. The summed E-state index contributed by atoms with van der Waals surface area (Å²) in [5.74, 6) is -0.165. The Morgan fingerprint density at radius 1 is 1.31 bits per heavy atom. The number of carbonyl (C=O) groups is 2. The minimum atomic E-state index is -1.06. The molecule has 32 heavy (non-hydrogen) atoms. The molecule has 2 aromatic carbocycles. The number of amides is 1. The van der Waals surface area contributed by atoms with Gasteiger partial charge in [-0.25, -0.2) is 4.79 Å². The highest BCUT2D eigenvalue weighted by atomic mass is 16.5. The molecule has 4 atom stereocenters. The molecule has 8 heteroatoms. The van der Waals surface area contributed by atoms with E-state index in [9.17, 15) is 14.6 Å². The Hall–Kier alpha value is -2.84. The molecular formula is C24H29BN2O5. The van der Waals surface area contributed by atoms with E-state index in [-0.39, 0.29) is 24.5 Å². The number of rotatable bonds is 8. The van der Waals surface area contributed by atoms with Gasteiger partial charge in [-0.15, -0.1) is 6.58 Å². The first kappa shape index (κ1) is 22.4. The second-order valence-electron chi connectivity index (χ2n) is 8.52. The number of esters is 1. The van der Waals surface area contributed by atoms with Gasteiger partial charge in [0, 0.05) is 24.3 Å². The van der Waals surface area contributed by atoms with Crippen LogP contribution in [-0.2, 0) is 14.3 Å². The molecule has 4 rings (SSSR count). The topological polar surface area (TPSA) is 88.1 Å². The fourth-order valence-corrected chi connectivity index (χ4v) is 4.62. The lowest BCUT2D eigenvalue weighted by Crippen LogP contribution is -2.54. The number of carbonyl (C=O) groups excluding carboxylic acids is 2. The Labute approximate surface area is 188 Å². The van der Waals surface area contributed by atoms with Gasteiger partial charge < -0.3 is 24.6 Å². The molecule has 2 aromatic rings. The van der Waals surface area contributed by atoms with Crippen LogP contribution in [0, 0.1) is 5.92 Å². The lowest BCUT2D eigenvalue weighted by atomic mass is 9.84. The number of hydrogen-bond acceptors (Lipinski definition) is 6. The zero-order chi connectivity index (χ0) is 22.9. The third-order valence-corrected chi connectivity index (χ3v) is 6.41. The maximum absolute atomic E-state index is 13.2. The van der Waals surface area contributed by atoms with E-state index in [2.05, 4.69) is 11.9 Å². The molecule has 1 saturated heterocycles. The summed E-state index contributed by atoms with van der Waals surface area (Å²) in [6, 6.07) is 13.2. The van der Waals surface area contributed by atoms with Gasteiger partial charge >= 0.3 is 13.0 Å². The van der Waals surface area contributed by atoms with Crippen molar-refractivity contribution in [3.8, 4) is 5.75 Å². The van der Waals surface area contributed by atoms with Crippen LogP contribution in [0.1, 0.15) is 19.8 Å². The number of nitrogens with one attached hydrogen (secondary N) is 1. The van der Waals surface area contributed by atoms with E-state index in [0.29, 0.717) is 19.4 Å². The predicted octanol–water partition coefficient (Wildman–Crippen LogP) is 2.40. The Morgan fingerprint density at radius 2 is 2.06 bits per heavy atom. The van der Waals surface area contributed by atoms with Gasteiger partial charge in [-0.2, -0.15) is 0 Å². The van der Waals surface area contributed by atoms with Crippen molar-refractivity contribution in [1.82, 2.24) is 10.1 Å². The summed E-state index contributed by atoms with van der Waals surface area (Å²) in [6.07, 6.45) is 2.26. The molecule has 168 valence electrons. The Bertz CT molecular complexity index is 1020. The summed E-state index contributed by atoms with van der Waals surface area (Å²) in [5, 5.41) is 15.3. The highest BCUT2D eigenvalue weighted by Crippen LogP contribution is 2.45. The van der Waals surface area contributed by atoms with Crippen LogP contribution in [0.2, 0.25) is 6.82 Å². The quantitative estimate of drug-likeness (QED) is 0.376. The number of benzene rings is 2. The molecular weight excluding hydrogens is 407 g/mol. The van der Waals surface area contributed by atoms with Crippen LogP contribution in [-0.4, -0.2) is 59.6 Å². The smallest absolute Gasteiger partial charge is 0.377 e. The highest BCUT2D eigenvalue weighted by molar-refractivity contribution is 6.46. The van der Waals surface area contributed by atoms with E-state index in [1.165, 1.54) is 0 Å². The Kier molecular flexibility index (Phi) is 6.26. The van der Waals surface area contributed by atoms with Gasteiger partial charge in [0.2, 0.25) is 5.91 Å². The number of hydrogen-bond donors (Lipinski definition) is 2. The molecule has 0 spiro atoms. The Morgan fingerprint density at radius 3 is 2.75 bits per heavy atom. The molecule has 0 radical (unpaired) electrons. The van der Waals surface area contributed by atoms with E-state index in [4.69, 9.17) is 9.47 Å². The summed E-state index contributed by atoms with van der Waals surface area (Å²) in [7, 11) is -0.834. The molecule has 0 aromatic heterocycles. The predicted molar refractivity (Wildman–Crippen MR) is 123 cm³/mol. The zero-order valence-electron chi connectivity index (χ0n) is 18.5. The van der Waals surface area contributed by atoms with E-state index in [0.717, 1.165) is 16.5 Å². The van der Waals surface area contributed by atoms with E-state index >= 15 is 0 Å². The van der Waals surface area contributed by atoms with Crippen LogP contribution in [0.3, 0.4) is 0 Å². The fraction of sp³-hybridized carbons (Fsp3) is 0.417. The van der Waals surface area contributed by atoms with Gasteiger partial charge in [0.1, 0.15) is 17.4 Å². The number of fused-ring (bicyclic) bond motifs is 1. The molecule has 2 aliphatic rings. The molecule has 1 saturated carbocycles. The standard InChI is InChI=1S/C24H29BN2O5/c1-4-17-14-24(17,23(29)31-5-2)26-22(28)20-13-18(15-27(20)25(3)30)32-21-12-8-10-16-9-6-7-11-19(16)21/h4,6-12,17-18,20,30H,1,5,13-15H2,2-3H3,(H,26,28)/t17-,18-,20+,24-/m1/s1. The summed E-state index contributed by atoms with van der Waals surface area (Å²) in [6.45, 7) is 7.77. The van der Waals surface area contributed by atoms with Crippen molar-refractivity contribution in [2.75, 3.05) is 13.2 Å². The van der Waals surface area contributed by atoms with Crippen molar-refractivity contribution < 1.29 is 24.1 Å². The van der Waals surface area contributed by atoms with Crippen LogP contribution in [0.4, 0.5) is 0 Å². The van der Waals surface area contributed by atoms with Crippen molar-refractivity contribution in [3.63, 3.8) is 0 Å². The van der Waals surface area contributed by atoms with Crippen molar-refractivity contribution >= 4 is 29.7 Å². The third kappa shape index (κ3) is 4.12. The highest BCUT2D eigenvalue weighted by Gasteiger charge is 2.62. The monoisotopic (exact) mass is 436 g/mol. The second-order valence-corrected chi connectivity index (χ2v) is 8.52. The van der Waals surface area contributed by atoms with Gasteiger partial charge in [0.05, 0.1) is 12.6 Å². The van der Waals surface area contributed by atoms with Crippen molar-refractivity contribution in [2.45, 2.75) is 44.3 Å². The average molecular weight is 436 g/mol. The molecule has 1 aliphatic heterocycles. The molecule has 1 aliphatic carbocycles. The van der Waals surface area contributed by atoms with Crippen molar-refractivity contribution in [2.24, 2.45) is 5.92 Å². The van der Waals surface area contributed by atoms with Crippen LogP contribution < -0.4 is 10.1 Å². The number of nitrogens with zero attached hydrogens (tertiary/aromatic N) is 1. The van der Waals surface area contributed by atoms with Crippen LogP contribution in [0.25, 0.3) is 10.8 Å². The van der Waals surface area contributed by atoms with Crippen LogP contribution >= 0.6 is 0 Å². The normalized spacial score (nSPS) is 27.0. The first-order valence-corrected chi connectivity index (χ1v) is 11.1. The summed E-state index contributed by atoms with van der Waals surface area (Å²) in [4.78, 5) is 27.5. The SMILES string of the molecule is C=C[C@@H]1C[C@]1(NC(=O)[C@@H]1C[C@@H](Oc2cccc3ccccc23)CN1B(C)O)C(=O)OCC. The van der Waals surface area contributed by atoms with E-state index < -0.39 is 24.6 Å². The first-order valence-electron chi connectivity index (χ1n) is 11.1. The van der Waals surface area contributed by atoms with Gasteiger partial charge in [0.25, 0.3) is 0 Å². The van der Waals surface area contributed by atoms with Gasteiger partial charge in [-0.05, 0) is 31.6 Å². The van der Waals surface area contributed by atoms with E-state index in [1.807, 2.05) is 42.5 Å². The van der Waals surface area contributed by atoms with Gasteiger partial charge in [-0.1, -0.05) is 42.5 Å². The second kappa shape index (κ2) is 8.96. The fourth-order valence-electron chi connectivity index (χ4n) is 4.62. The van der Waals surface area contributed by atoms with Crippen molar-refractivity contribution in [3.05, 3.63) is 55.1 Å². The van der Waals surface area contributed by atoms with Gasteiger partial charge in [-0.3, -0.25) is 4.79 Å². The Balaban J connectivity index is 1.50. The first-order chi connectivity index (χ1) is 15.4. The molecule has 2 fully saturated rings.